The van der Waals surface area contributed by atoms with Crippen molar-refractivity contribution in [1.82, 2.24) is 5.32 Å². The molecule has 4 nitrogen and oxygen atoms in total. The quantitative estimate of drug-likeness (QED) is 0.834. The topological polar surface area (TPSA) is 55.4 Å². The number of hydrogen-bond acceptors (Lipinski definition) is 3. The number of fused-ring (bicyclic) bond motifs is 1. The van der Waals surface area contributed by atoms with Gasteiger partial charge in [-0.1, -0.05) is 56.3 Å². The summed E-state index contributed by atoms with van der Waals surface area (Å²) in [6.45, 7) is 3.94. The van der Waals surface area contributed by atoms with Crippen LogP contribution < -0.4 is 5.32 Å². The molecule has 0 saturated heterocycles. The SMILES string of the molecule is COC(=O)[C@@H](Cc1cccc2ccccc12)NC(=O)CC(C)C. The van der Waals surface area contributed by atoms with E-state index in [0.29, 0.717) is 12.8 Å². The Morgan fingerprint density at radius 1 is 1.09 bits per heavy atom. The molecule has 0 aliphatic rings. The molecule has 1 atom stereocenters. The third-order valence-electron chi connectivity index (χ3n) is 3.72. The van der Waals surface area contributed by atoms with E-state index in [1.165, 1.54) is 7.11 Å². The van der Waals surface area contributed by atoms with Crippen LogP contribution in [0.25, 0.3) is 10.8 Å². The molecule has 2 aromatic carbocycles. The zero-order valence-corrected chi connectivity index (χ0v) is 13.8. The maximum atomic E-state index is 12.0. The van der Waals surface area contributed by atoms with Crippen LogP contribution in [0.5, 0.6) is 0 Å². The summed E-state index contributed by atoms with van der Waals surface area (Å²) in [4.78, 5) is 24.1. The minimum absolute atomic E-state index is 0.129. The van der Waals surface area contributed by atoms with Gasteiger partial charge >= 0.3 is 5.97 Å². The molecule has 0 heterocycles. The monoisotopic (exact) mass is 313 g/mol. The molecule has 1 amide bonds. The van der Waals surface area contributed by atoms with Crippen LogP contribution in [-0.2, 0) is 20.7 Å². The largest absolute Gasteiger partial charge is 0.467 e. The summed E-state index contributed by atoms with van der Waals surface area (Å²) >= 11 is 0. The Labute approximate surface area is 136 Å². The number of rotatable bonds is 6. The molecule has 122 valence electrons. The molecule has 0 saturated carbocycles. The average Bonchev–Trinajstić information content (AvgIpc) is 2.53. The van der Waals surface area contributed by atoms with Gasteiger partial charge in [-0.2, -0.15) is 0 Å². The van der Waals surface area contributed by atoms with Crippen molar-refractivity contribution in [1.29, 1.82) is 0 Å². The maximum absolute atomic E-state index is 12.0. The molecular formula is C19H23NO3. The van der Waals surface area contributed by atoms with Crippen LogP contribution in [0.2, 0.25) is 0 Å². The Kier molecular flexibility index (Phi) is 5.74. The molecular weight excluding hydrogens is 290 g/mol. The van der Waals surface area contributed by atoms with Crippen LogP contribution in [0.3, 0.4) is 0 Å². The van der Waals surface area contributed by atoms with E-state index in [2.05, 4.69) is 5.32 Å². The van der Waals surface area contributed by atoms with Crippen molar-refractivity contribution in [3.05, 3.63) is 48.0 Å². The lowest BCUT2D eigenvalue weighted by molar-refractivity contribution is -0.145. The standard InChI is InChI=1S/C19H23NO3/c1-13(2)11-18(21)20-17(19(22)23-3)12-15-9-6-8-14-7-4-5-10-16(14)15/h4-10,13,17H,11-12H2,1-3H3,(H,20,21)/t17-/m1/s1. The summed E-state index contributed by atoms with van der Waals surface area (Å²) in [5.41, 5.74) is 1.02. The summed E-state index contributed by atoms with van der Waals surface area (Å²) < 4.78 is 4.85. The highest BCUT2D eigenvalue weighted by Crippen LogP contribution is 2.20. The van der Waals surface area contributed by atoms with Crippen molar-refractivity contribution in [2.24, 2.45) is 5.92 Å². The van der Waals surface area contributed by atoms with Gasteiger partial charge in [0.1, 0.15) is 6.04 Å². The Balaban J connectivity index is 2.23. The highest BCUT2D eigenvalue weighted by molar-refractivity contribution is 5.88. The third kappa shape index (κ3) is 4.55. The Bertz CT molecular complexity index is 689. The van der Waals surface area contributed by atoms with Crippen molar-refractivity contribution in [2.75, 3.05) is 7.11 Å². The number of amides is 1. The number of esters is 1. The summed E-state index contributed by atoms with van der Waals surface area (Å²) in [7, 11) is 1.34. The molecule has 0 fully saturated rings. The van der Waals surface area contributed by atoms with Gasteiger partial charge in [0.15, 0.2) is 0 Å². The van der Waals surface area contributed by atoms with Gasteiger partial charge in [-0.25, -0.2) is 4.79 Å². The van der Waals surface area contributed by atoms with Gasteiger partial charge in [0.05, 0.1) is 7.11 Å². The summed E-state index contributed by atoms with van der Waals surface area (Å²) in [6.07, 6.45) is 0.806. The molecule has 0 spiro atoms. The van der Waals surface area contributed by atoms with Gasteiger partial charge in [0, 0.05) is 12.8 Å². The van der Waals surface area contributed by atoms with Crippen LogP contribution in [0.4, 0.5) is 0 Å². The highest BCUT2D eigenvalue weighted by atomic mass is 16.5. The number of carbonyl (C=O) groups excluding carboxylic acids is 2. The number of benzene rings is 2. The van der Waals surface area contributed by atoms with E-state index < -0.39 is 12.0 Å². The molecule has 0 aromatic heterocycles. The number of nitrogens with one attached hydrogen (secondary N) is 1. The Morgan fingerprint density at radius 2 is 1.78 bits per heavy atom. The van der Waals surface area contributed by atoms with Crippen molar-refractivity contribution < 1.29 is 14.3 Å². The second-order valence-electron chi connectivity index (χ2n) is 6.08. The Morgan fingerprint density at radius 3 is 2.48 bits per heavy atom. The molecule has 0 radical (unpaired) electrons. The third-order valence-corrected chi connectivity index (χ3v) is 3.72. The first-order chi connectivity index (χ1) is 11.0. The van der Waals surface area contributed by atoms with Gasteiger partial charge < -0.3 is 10.1 Å². The fraction of sp³-hybridized carbons (Fsp3) is 0.368. The van der Waals surface area contributed by atoms with Crippen LogP contribution in [0, 0.1) is 5.92 Å². The van der Waals surface area contributed by atoms with Gasteiger partial charge in [0.2, 0.25) is 5.91 Å². The average molecular weight is 313 g/mol. The molecule has 0 unspecified atom stereocenters. The second kappa shape index (κ2) is 7.77. The van der Waals surface area contributed by atoms with Crippen molar-refractivity contribution >= 4 is 22.6 Å². The molecule has 0 aliphatic heterocycles. The van der Waals surface area contributed by atoms with E-state index in [0.717, 1.165) is 16.3 Å². The molecule has 4 heteroatoms. The van der Waals surface area contributed by atoms with Crippen LogP contribution in [-0.4, -0.2) is 25.0 Å². The normalized spacial score (nSPS) is 12.2. The van der Waals surface area contributed by atoms with Crippen LogP contribution in [0.1, 0.15) is 25.8 Å². The maximum Gasteiger partial charge on any atom is 0.328 e. The number of ether oxygens (including phenoxy) is 1. The van der Waals surface area contributed by atoms with E-state index in [1.807, 2.05) is 56.3 Å². The first kappa shape index (κ1) is 17.0. The molecule has 0 bridgehead atoms. The lowest BCUT2D eigenvalue weighted by Crippen LogP contribution is -2.43. The molecule has 0 aliphatic carbocycles. The van der Waals surface area contributed by atoms with Gasteiger partial charge in [-0.05, 0) is 22.3 Å². The zero-order chi connectivity index (χ0) is 16.8. The zero-order valence-electron chi connectivity index (χ0n) is 13.8. The number of hydrogen-bond donors (Lipinski definition) is 1. The number of methoxy groups -OCH3 is 1. The molecule has 2 aromatic rings. The van der Waals surface area contributed by atoms with Crippen LogP contribution >= 0.6 is 0 Å². The summed E-state index contributed by atoms with van der Waals surface area (Å²) in [5.74, 6) is -0.309. The summed E-state index contributed by atoms with van der Waals surface area (Å²) in [6, 6.07) is 13.3. The Hall–Kier alpha value is -2.36. The van der Waals surface area contributed by atoms with Crippen molar-refractivity contribution in [3.8, 4) is 0 Å². The van der Waals surface area contributed by atoms with E-state index in [-0.39, 0.29) is 11.8 Å². The smallest absolute Gasteiger partial charge is 0.328 e. The van der Waals surface area contributed by atoms with Crippen molar-refractivity contribution in [2.45, 2.75) is 32.7 Å². The minimum Gasteiger partial charge on any atom is -0.467 e. The molecule has 23 heavy (non-hydrogen) atoms. The minimum atomic E-state index is -0.669. The van der Waals surface area contributed by atoms with E-state index >= 15 is 0 Å². The van der Waals surface area contributed by atoms with Gasteiger partial charge in [-0.3, -0.25) is 4.79 Å². The first-order valence-corrected chi connectivity index (χ1v) is 7.85. The fourth-order valence-corrected chi connectivity index (χ4v) is 2.65. The van der Waals surface area contributed by atoms with E-state index in [4.69, 9.17) is 4.74 Å². The predicted molar refractivity (Wildman–Crippen MR) is 91.1 cm³/mol. The number of carbonyl (C=O) groups is 2. The highest BCUT2D eigenvalue weighted by Gasteiger charge is 2.23. The van der Waals surface area contributed by atoms with Gasteiger partial charge in [0.25, 0.3) is 0 Å². The summed E-state index contributed by atoms with van der Waals surface area (Å²) in [5, 5.41) is 5.00. The first-order valence-electron chi connectivity index (χ1n) is 7.85. The predicted octanol–water partition coefficient (Wildman–Crippen LogP) is 3.09. The fourth-order valence-electron chi connectivity index (χ4n) is 2.65. The van der Waals surface area contributed by atoms with E-state index in [9.17, 15) is 9.59 Å². The lowest BCUT2D eigenvalue weighted by atomic mass is 9.98. The van der Waals surface area contributed by atoms with Crippen LogP contribution in [0.15, 0.2) is 42.5 Å². The second-order valence-corrected chi connectivity index (χ2v) is 6.08. The van der Waals surface area contributed by atoms with Gasteiger partial charge in [-0.15, -0.1) is 0 Å². The molecule has 1 N–H and O–H groups in total. The van der Waals surface area contributed by atoms with E-state index in [1.54, 1.807) is 0 Å². The van der Waals surface area contributed by atoms with Crippen molar-refractivity contribution in [3.63, 3.8) is 0 Å². The molecule has 2 rings (SSSR count). The lowest BCUT2D eigenvalue weighted by Gasteiger charge is -2.18.